The van der Waals surface area contributed by atoms with Crippen molar-refractivity contribution in [3.05, 3.63) is 29.8 Å². The SMILES string of the molecule is COc1ccc(CC2(C)C(=N)NC(=O)N2C)cc1. The molecule has 0 bridgehead atoms. The molecule has 0 aromatic heterocycles. The third kappa shape index (κ3) is 1.92. The van der Waals surface area contributed by atoms with Crippen molar-refractivity contribution < 1.29 is 9.53 Å². The Hall–Kier alpha value is -2.04. The standard InChI is InChI=1S/C13H17N3O2/c1-13(11(14)15-12(17)16(13)2)8-9-4-6-10(18-3)7-5-9/h4-7H,8H2,1-3H3,(H2,14,15,17). The van der Waals surface area contributed by atoms with Gasteiger partial charge in [0.25, 0.3) is 0 Å². The quantitative estimate of drug-likeness (QED) is 0.852. The van der Waals surface area contributed by atoms with Crippen LogP contribution in [0.25, 0.3) is 0 Å². The van der Waals surface area contributed by atoms with E-state index in [0.717, 1.165) is 11.3 Å². The van der Waals surface area contributed by atoms with E-state index in [0.29, 0.717) is 6.42 Å². The molecule has 2 rings (SSSR count). The van der Waals surface area contributed by atoms with Gasteiger partial charge in [-0.1, -0.05) is 12.1 Å². The van der Waals surface area contributed by atoms with Crippen LogP contribution in [0.1, 0.15) is 12.5 Å². The minimum Gasteiger partial charge on any atom is -0.497 e. The van der Waals surface area contributed by atoms with Gasteiger partial charge in [-0.05, 0) is 24.6 Å². The van der Waals surface area contributed by atoms with Crippen LogP contribution in [0.15, 0.2) is 24.3 Å². The number of likely N-dealkylation sites (N-methyl/N-ethyl adjacent to an activating group) is 1. The number of amidine groups is 1. The molecule has 1 atom stereocenters. The number of benzene rings is 1. The van der Waals surface area contributed by atoms with Crippen molar-refractivity contribution in [1.82, 2.24) is 10.2 Å². The lowest BCUT2D eigenvalue weighted by molar-refractivity contribution is 0.197. The first-order valence-corrected chi connectivity index (χ1v) is 5.74. The largest absolute Gasteiger partial charge is 0.497 e. The van der Waals surface area contributed by atoms with Gasteiger partial charge in [-0.25, -0.2) is 4.79 Å². The predicted molar refractivity (Wildman–Crippen MR) is 69.1 cm³/mol. The minimum absolute atomic E-state index is 0.226. The van der Waals surface area contributed by atoms with Crippen LogP contribution in [0, 0.1) is 5.41 Å². The van der Waals surface area contributed by atoms with E-state index < -0.39 is 5.54 Å². The van der Waals surface area contributed by atoms with Crippen LogP contribution in [0.2, 0.25) is 0 Å². The number of nitrogens with zero attached hydrogens (tertiary/aromatic N) is 1. The number of nitrogens with one attached hydrogen (secondary N) is 2. The molecule has 0 radical (unpaired) electrons. The van der Waals surface area contributed by atoms with Crippen LogP contribution < -0.4 is 10.1 Å². The Labute approximate surface area is 106 Å². The second-order valence-electron chi connectivity index (χ2n) is 4.66. The normalized spacial score (nSPS) is 23.2. The zero-order valence-electron chi connectivity index (χ0n) is 10.8. The molecule has 2 amide bonds. The topological polar surface area (TPSA) is 65.4 Å². The molecule has 96 valence electrons. The second-order valence-corrected chi connectivity index (χ2v) is 4.66. The fourth-order valence-electron chi connectivity index (χ4n) is 2.07. The molecule has 1 aromatic rings. The highest BCUT2D eigenvalue weighted by atomic mass is 16.5. The summed E-state index contributed by atoms with van der Waals surface area (Å²) in [7, 11) is 3.33. The van der Waals surface area contributed by atoms with Crippen LogP contribution in [-0.2, 0) is 6.42 Å². The smallest absolute Gasteiger partial charge is 0.323 e. The van der Waals surface area contributed by atoms with Gasteiger partial charge in [0, 0.05) is 13.5 Å². The number of carbonyl (C=O) groups excluding carboxylic acids is 1. The number of amides is 2. The summed E-state index contributed by atoms with van der Waals surface area (Å²) >= 11 is 0. The van der Waals surface area contributed by atoms with Gasteiger partial charge in [0.05, 0.1) is 7.11 Å². The first-order chi connectivity index (χ1) is 8.47. The molecule has 1 unspecified atom stereocenters. The summed E-state index contributed by atoms with van der Waals surface area (Å²) in [5.74, 6) is 1.04. The van der Waals surface area contributed by atoms with E-state index in [4.69, 9.17) is 10.1 Å². The van der Waals surface area contributed by atoms with Crippen molar-refractivity contribution in [2.75, 3.05) is 14.2 Å². The van der Waals surface area contributed by atoms with E-state index in [1.165, 1.54) is 0 Å². The molecule has 1 aliphatic rings. The summed E-state index contributed by atoms with van der Waals surface area (Å²) in [6.07, 6.45) is 0.602. The van der Waals surface area contributed by atoms with Crippen molar-refractivity contribution in [2.24, 2.45) is 0 Å². The van der Waals surface area contributed by atoms with Gasteiger partial charge in [0.2, 0.25) is 0 Å². The van der Waals surface area contributed by atoms with E-state index >= 15 is 0 Å². The number of methoxy groups -OCH3 is 1. The molecule has 18 heavy (non-hydrogen) atoms. The molecule has 0 spiro atoms. The minimum atomic E-state index is -0.605. The third-order valence-electron chi connectivity index (χ3n) is 3.52. The lowest BCUT2D eigenvalue weighted by atomic mass is 9.91. The molecule has 2 N–H and O–H groups in total. The average Bonchev–Trinajstić information content (AvgIpc) is 2.55. The molecule has 1 aliphatic heterocycles. The van der Waals surface area contributed by atoms with Gasteiger partial charge in [-0.2, -0.15) is 0 Å². The predicted octanol–water partition coefficient (Wildman–Crippen LogP) is 1.63. The number of ether oxygens (including phenoxy) is 1. The van der Waals surface area contributed by atoms with Crippen LogP contribution in [0.3, 0.4) is 0 Å². The van der Waals surface area contributed by atoms with Gasteiger partial charge in [0.1, 0.15) is 17.1 Å². The Morgan fingerprint density at radius 3 is 2.44 bits per heavy atom. The Morgan fingerprint density at radius 2 is 2.00 bits per heavy atom. The lowest BCUT2D eigenvalue weighted by Crippen LogP contribution is -2.46. The molecule has 5 nitrogen and oxygen atoms in total. The molecule has 1 aromatic carbocycles. The number of rotatable bonds is 3. The first-order valence-electron chi connectivity index (χ1n) is 5.74. The Balaban J connectivity index is 2.21. The van der Waals surface area contributed by atoms with Crippen molar-refractivity contribution in [3.8, 4) is 5.75 Å². The summed E-state index contributed by atoms with van der Waals surface area (Å²) in [5.41, 5.74) is 0.456. The van der Waals surface area contributed by atoms with Crippen LogP contribution in [0.5, 0.6) is 5.75 Å². The Morgan fingerprint density at radius 1 is 1.39 bits per heavy atom. The average molecular weight is 247 g/mol. The van der Waals surface area contributed by atoms with Crippen molar-refractivity contribution >= 4 is 11.9 Å². The molecule has 1 fully saturated rings. The second kappa shape index (κ2) is 4.33. The van der Waals surface area contributed by atoms with Crippen LogP contribution >= 0.6 is 0 Å². The first kappa shape index (κ1) is 12.4. The van der Waals surface area contributed by atoms with Crippen LogP contribution in [0.4, 0.5) is 4.79 Å². The van der Waals surface area contributed by atoms with E-state index in [1.54, 1.807) is 19.1 Å². The number of hydrogen-bond acceptors (Lipinski definition) is 3. The van der Waals surface area contributed by atoms with Crippen molar-refractivity contribution in [2.45, 2.75) is 18.9 Å². The molecular weight excluding hydrogens is 230 g/mol. The Kier molecular flexibility index (Phi) is 2.98. The summed E-state index contributed by atoms with van der Waals surface area (Å²) in [6.45, 7) is 1.89. The van der Waals surface area contributed by atoms with E-state index in [-0.39, 0.29) is 11.9 Å². The summed E-state index contributed by atoms with van der Waals surface area (Å²) in [4.78, 5) is 13.1. The molecule has 0 saturated carbocycles. The lowest BCUT2D eigenvalue weighted by Gasteiger charge is -2.30. The maximum Gasteiger partial charge on any atom is 0.323 e. The highest BCUT2D eigenvalue weighted by Crippen LogP contribution is 2.25. The van der Waals surface area contributed by atoms with E-state index in [2.05, 4.69) is 5.32 Å². The van der Waals surface area contributed by atoms with Crippen molar-refractivity contribution in [3.63, 3.8) is 0 Å². The monoisotopic (exact) mass is 247 g/mol. The van der Waals surface area contributed by atoms with Gasteiger partial charge in [-0.3, -0.25) is 10.7 Å². The van der Waals surface area contributed by atoms with Crippen LogP contribution in [-0.4, -0.2) is 36.5 Å². The van der Waals surface area contributed by atoms with Crippen molar-refractivity contribution in [1.29, 1.82) is 5.41 Å². The summed E-state index contributed by atoms with van der Waals surface area (Å²) < 4.78 is 5.10. The van der Waals surface area contributed by atoms with Gasteiger partial charge >= 0.3 is 6.03 Å². The fraction of sp³-hybridized carbons (Fsp3) is 0.385. The number of urea groups is 1. The fourth-order valence-corrected chi connectivity index (χ4v) is 2.07. The zero-order chi connectivity index (χ0) is 13.3. The highest BCUT2D eigenvalue weighted by Gasteiger charge is 2.44. The molecule has 0 aliphatic carbocycles. The molecular formula is C13H17N3O2. The van der Waals surface area contributed by atoms with Gasteiger partial charge in [-0.15, -0.1) is 0 Å². The third-order valence-corrected chi connectivity index (χ3v) is 3.52. The summed E-state index contributed by atoms with van der Waals surface area (Å²) in [5, 5.41) is 10.4. The maximum atomic E-state index is 11.5. The molecule has 1 saturated heterocycles. The number of carbonyl (C=O) groups is 1. The zero-order valence-corrected chi connectivity index (χ0v) is 10.8. The Bertz CT molecular complexity index is 484. The highest BCUT2D eigenvalue weighted by molar-refractivity contribution is 6.08. The summed E-state index contributed by atoms with van der Waals surface area (Å²) in [6, 6.07) is 7.44. The van der Waals surface area contributed by atoms with Gasteiger partial charge in [0.15, 0.2) is 0 Å². The van der Waals surface area contributed by atoms with E-state index in [9.17, 15) is 4.79 Å². The number of hydrogen-bond donors (Lipinski definition) is 2. The van der Waals surface area contributed by atoms with E-state index in [1.807, 2.05) is 31.2 Å². The molecule has 5 heteroatoms. The maximum absolute atomic E-state index is 11.5. The van der Waals surface area contributed by atoms with Gasteiger partial charge < -0.3 is 9.64 Å². The molecule has 1 heterocycles.